The molecule has 2 unspecified atom stereocenters. The molecule has 1 fully saturated rings. The summed E-state index contributed by atoms with van der Waals surface area (Å²) in [7, 11) is 0. The van der Waals surface area contributed by atoms with E-state index in [9.17, 15) is 0 Å². The first-order valence-corrected chi connectivity index (χ1v) is 6.55. The number of nitrogens with zero attached hydrogens (tertiary/aromatic N) is 3. The van der Waals surface area contributed by atoms with Crippen molar-refractivity contribution in [3.8, 4) is 5.88 Å². The molecule has 0 spiro atoms. The molecule has 100 valence electrons. The molecule has 1 aromatic heterocycles. The molecule has 5 nitrogen and oxygen atoms in total. The molecular formula is C13H22N4O. The van der Waals surface area contributed by atoms with Gasteiger partial charge in [0.15, 0.2) is 5.82 Å². The van der Waals surface area contributed by atoms with Gasteiger partial charge in [0.1, 0.15) is 0 Å². The van der Waals surface area contributed by atoms with Crippen LogP contribution in [0, 0.1) is 0 Å². The fourth-order valence-electron chi connectivity index (χ4n) is 2.12. The normalized spacial score (nSPS) is 24.4. The Morgan fingerprint density at radius 2 is 2.17 bits per heavy atom. The molecule has 0 saturated carbocycles. The van der Waals surface area contributed by atoms with Crippen LogP contribution in [0.2, 0.25) is 0 Å². The molecule has 2 rings (SSSR count). The van der Waals surface area contributed by atoms with Crippen LogP contribution in [0.5, 0.6) is 5.88 Å². The van der Waals surface area contributed by atoms with Crippen LogP contribution < -0.4 is 15.0 Å². The predicted molar refractivity (Wildman–Crippen MR) is 72.1 cm³/mol. The molecule has 18 heavy (non-hydrogen) atoms. The topological polar surface area (TPSA) is 50.3 Å². The quantitative estimate of drug-likeness (QED) is 0.880. The van der Waals surface area contributed by atoms with E-state index in [-0.39, 0.29) is 6.10 Å². The second-order valence-electron chi connectivity index (χ2n) is 5.19. The van der Waals surface area contributed by atoms with Gasteiger partial charge in [-0.15, -0.1) is 0 Å². The molecule has 5 heteroatoms. The van der Waals surface area contributed by atoms with Gasteiger partial charge in [0.25, 0.3) is 0 Å². The Balaban J connectivity index is 2.16. The number of nitrogens with one attached hydrogen (secondary N) is 1. The number of anilines is 1. The Bertz CT molecular complexity index is 396. The third-order valence-corrected chi connectivity index (χ3v) is 3.01. The van der Waals surface area contributed by atoms with Gasteiger partial charge in [-0.1, -0.05) is 0 Å². The summed E-state index contributed by atoms with van der Waals surface area (Å²) in [6.07, 6.45) is 3.59. The van der Waals surface area contributed by atoms with Crippen molar-refractivity contribution in [1.29, 1.82) is 0 Å². The second-order valence-corrected chi connectivity index (χ2v) is 5.19. The van der Waals surface area contributed by atoms with Crippen molar-refractivity contribution in [2.24, 2.45) is 0 Å². The van der Waals surface area contributed by atoms with Crippen molar-refractivity contribution >= 4 is 5.82 Å². The van der Waals surface area contributed by atoms with Gasteiger partial charge in [-0.2, -0.15) is 4.98 Å². The van der Waals surface area contributed by atoms with E-state index in [1.165, 1.54) is 0 Å². The largest absolute Gasteiger partial charge is 0.474 e. The average molecular weight is 250 g/mol. The van der Waals surface area contributed by atoms with E-state index in [4.69, 9.17) is 4.74 Å². The summed E-state index contributed by atoms with van der Waals surface area (Å²) >= 11 is 0. The molecule has 0 aromatic carbocycles. The standard InChI is InChI=1S/C13H22N4O/c1-9(2)18-13-7-14-6-12(16-13)17-8-10(3)15-5-11(17)4/h6-7,9-11,15H,5,8H2,1-4H3. The summed E-state index contributed by atoms with van der Waals surface area (Å²) in [5.41, 5.74) is 0. The Hall–Kier alpha value is -1.36. The fourth-order valence-corrected chi connectivity index (χ4v) is 2.12. The molecule has 1 saturated heterocycles. The van der Waals surface area contributed by atoms with Gasteiger partial charge in [-0.3, -0.25) is 4.98 Å². The summed E-state index contributed by atoms with van der Waals surface area (Å²) in [6, 6.07) is 0.891. The fraction of sp³-hybridized carbons (Fsp3) is 0.692. The highest BCUT2D eigenvalue weighted by molar-refractivity contribution is 5.40. The summed E-state index contributed by atoms with van der Waals surface area (Å²) < 4.78 is 5.59. The van der Waals surface area contributed by atoms with Crippen LogP contribution in [0.4, 0.5) is 5.82 Å². The molecule has 0 bridgehead atoms. The molecule has 2 atom stereocenters. The Kier molecular flexibility index (Phi) is 4.01. The maximum atomic E-state index is 5.59. The minimum absolute atomic E-state index is 0.119. The SMILES string of the molecule is CC1CN(c2cncc(OC(C)C)n2)C(C)CN1. The zero-order chi connectivity index (χ0) is 13.1. The molecular weight excluding hydrogens is 228 g/mol. The lowest BCUT2D eigenvalue weighted by Gasteiger charge is -2.38. The second kappa shape index (κ2) is 5.52. The van der Waals surface area contributed by atoms with Crippen molar-refractivity contribution in [3.63, 3.8) is 0 Å². The lowest BCUT2D eigenvalue weighted by molar-refractivity contribution is 0.231. The number of ether oxygens (including phenoxy) is 1. The maximum Gasteiger partial charge on any atom is 0.234 e. The van der Waals surface area contributed by atoms with E-state index in [2.05, 4.69) is 34.0 Å². The van der Waals surface area contributed by atoms with Crippen molar-refractivity contribution in [2.45, 2.75) is 45.9 Å². The van der Waals surface area contributed by atoms with Crippen LogP contribution >= 0.6 is 0 Å². The first kappa shape index (κ1) is 13.1. The third-order valence-electron chi connectivity index (χ3n) is 3.01. The van der Waals surface area contributed by atoms with Gasteiger partial charge >= 0.3 is 0 Å². The number of rotatable bonds is 3. The molecule has 1 aliphatic heterocycles. The van der Waals surface area contributed by atoms with Gasteiger partial charge in [-0.25, -0.2) is 0 Å². The third kappa shape index (κ3) is 3.10. The van der Waals surface area contributed by atoms with E-state index in [0.29, 0.717) is 18.0 Å². The smallest absolute Gasteiger partial charge is 0.234 e. The minimum atomic E-state index is 0.119. The Morgan fingerprint density at radius 1 is 1.39 bits per heavy atom. The van der Waals surface area contributed by atoms with Crippen LogP contribution in [0.1, 0.15) is 27.7 Å². The van der Waals surface area contributed by atoms with Gasteiger partial charge in [-0.05, 0) is 27.7 Å². The minimum Gasteiger partial charge on any atom is -0.474 e. The molecule has 0 aliphatic carbocycles. The lowest BCUT2D eigenvalue weighted by Crippen LogP contribution is -2.54. The summed E-state index contributed by atoms with van der Waals surface area (Å²) in [6.45, 7) is 10.3. The van der Waals surface area contributed by atoms with Crippen molar-refractivity contribution in [2.75, 3.05) is 18.0 Å². The van der Waals surface area contributed by atoms with Crippen molar-refractivity contribution in [3.05, 3.63) is 12.4 Å². The van der Waals surface area contributed by atoms with Crippen molar-refractivity contribution < 1.29 is 4.74 Å². The maximum absolute atomic E-state index is 5.59. The number of hydrogen-bond donors (Lipinski definition) is 1. The number of piperazine rings is 1. The highest BCUT2D eigenvalue weighted by Crippen LogP contribution is 2.19. The van der Waals surface area contributed by atoms with Crippen molar-refractivity contribution in [1.82, 2.24) is 15.3 Å². The summed E-state index contributed by atoms with van der Waals surface area (Å²) in [5.74, 6) is 1.50. The predicted octanol–water partition coefficient (Wildman–Crippen LogP) is 1.45. The lowest BCUT2D eigenvalue weighted by atomic mass is 10.1. The summed E-state index contributed by atoms with van der Waals surface area (Å²) in [4.78, 5) is 11.0. The molecule has 0 radical (unpaired) electrons. The number of hydrogen-bond acceptors (Lipinski definition) is 5. The monoisotopic (exact) mass is 250 g/mol. The molecule has 1 aliphatic rings. The van der Waals surface area contributed by atoms with Crippen LogP contribution in [0.25, 0.3) is 0 Å². The molecule has 2 heterocycles. The van der Waals surface area contributed by atoms with Crippen LogP contribution in [0.15, 0.2) is 12.4 Å². The molecule has 1 aromatic rings. The first-order chi connectivity index (χ1) is 8.56. The zero-order valence-corrected chi connectivity index (χ0v) is 11.6. The van der Waals surface area contributed by atoms with E-state index in [1.54, 1.807) is 6.20 Å². The van der Waals surface area contributed by atoms with Crippen LogP contribution in [-0.4, -0.2) is 41.2 Å². The van der Waals surface area contributed by atoms with Gasteiger partial charge < -0.3 is 15.0 Å². The van der Waals surface area contributed by atoms with E-state index in [0.717, 1.165) is 18.9 Å². The van der Waals surface area contributed by atoms with Crippen LogP contribution in [-0.2, 0) is 0 Å². The van der Waals surface area contributed by atoms with Gasteiger partial charge in [0, 0.05) is 25.2 Å². The van der Waals surface area contributed by atoms with Crippen LogP contribution in [0.3, 0.4) is 0 Å². The van der Waals surface area contributed by atoms with E-state index < -0.39 is 0 Å². The molecule has 1 N–H and O–H groups in total. The van der Waals surface area contributed by atoms with Gasteiger partial charge in [0.2, 0.25) is 5.88 Å². The Labute approximate surface area is 109 Å². The van der Waals surface area contributed by atoms with Gasteiger partial charge in [0.05, 0.1) is 18.5 Å². The highest BCUT2D eigenvalue weighted by atomic mass is 16.5. The highest BCUT2D eigenvalue weighted by Gasteiger charge is 2.23. The van der Waals surface area contributed by atoms with E-state index >= 15 is 0 Å². The average Bonchev–Trinajstić information content (AvgIpc) is 2.32. The van der Waals surface area contributed by atoms with E-state index in [1.807, 2.05) is 20.0 Å². The first-order valence-electron chi connectivity index (χ1n) is 6.55. The Morgan fingerprint density at radius 3 is 2.89 bits per heavy atom. The number of aromatic nitrogens is 2. The molecule has 0 amide bonds. The zero-order valence-electron chi connectivity index (χ0n) is 11.6. The summed E-state index contributed by atoms with van der Waals surface area (Å²) in [5, 5.41) is 3.46.